The minimum Gasteiger partial charge on any atom is -0.494 e. The average Bonchev–Trinajstić information content (AvgIpc) is 2.70. The lowest BCUT2D eigenvalue weighted by Crippen LogP contribution is -2.04. The van der Waals surface area contributed by atoms with Gasteiger partial charge in [0.1, 0.15) is 11.9 Å². The molecule has 146 valence electrons. The molecular formula is C23H21BrCl2O2. The maximum atomic E-state index is 10.9. The van der Waals surface area contributed by atoms with Gasteiger partial charge in [-0.2, -0.15) is 0 Å². The standard InChI is InChI=1S/C23H21BrCl2O2/c1-3-28-18-8-4-15(5-9-18)14(2)19-12-16(6-10-21(19)25)23(27)20-13-17(24)7-11-22(20)26/h4-14,23,27H,3H2,1-2H3. The van der Waals surface area contributed by atoms with Gasteiger partial charge in [-0.25, -0.2) is 0 Å². The van der Waals surface area contributed by atoms with Crippen LogP contribution in [0.1, 0.15) is 48.1 Å². The van der Waals surface area contributed by atoms with Crippen molar-refractivity contribution >= 4 is 39.1 Å². The number of halogens is 3. The van der Waals surface area contributed by atoms with Crippen LogP contribution in [0.15, 0.2) is 65.1 Å². The van der Waals surface area contributed by atoms with Crippen LogP contribution in [0.2, 0.25) is 10.0 Å². The normalized spacial score (nSPS) is 13.2. The van der Waals surface area contributed by atoms with Crippen LogP contribution in [-0.4, -0.2) is 11.7 Å². The number of benzene rings is 3. The molecule has 0 radical (unpaired) electrons. The van der Waals surface area contributed by atoms with Gasteiger partial charge in [0.2, 0.25) is 0 Å². The number of hydrogen-bond acceptors (Lipinski definition) is 2. The van der Waals surface area contributed by atoms with Crippen molar-refractivity contribution in [1.29, 1.82) is 0 Å². The minimum atomic E-state index is -0.839. The molecule has 0 saturated carbocycles. The van der Waals surface area contributed by atoms with Crippen molar-refractivity contribution in [2.24, 2.45) is 0 Å². The molecule has 0 bridgehead atoms. The summed E-state index contributed by atoms with van der Waals surface area (Å²) in [5, 5.41) is 12.1. The highest BCUT2D eigenvalue weighted by Crippen LogP contribution is 2.36. The molecule has 3 aromatic carbocycles. The number of rotatable bonds is 6. The van der Waals surface area contributed by atoms with Crippen molar-refractivity contribution in [3.63, 3.8) is 0 Å². The summed E-state index contributed by atoms with van der Waals surface area (Å²) in [6.45, 7) is 4.70. The number of aliphatic hydroxyl groups is 1. The van der Waals surface area contributed by atoms with Gasteiger partial charge in [0.25, 0.3) is 0 Å². The molecule has 0 saturated heterocycles. The van der Waals surface area contributed by atoms with Crippen molar-refractivity contribution in [3.05, 3.63) is 97.4 Å². The van der Waals surface area contributed by atoms with E-state index >= 15 is 0 Å². The molecular weight excluding hydrogens is 459 g/mol. The zero-order valence-corrected chi connectivity index (χ0v) is 18.7. The van der Waals surface area contributed by atoms with Crippen LogP contribution in [0, 0.1) is 0 Å². The Bertz CT molecular complexity index is 957. The number of hydrogen-bond donors (Lipinski definition) is 1. The molecule has 2 atom stereocenters. The summed E-state index contributed by atoms with van der Waals surface area (Å²) in [6.07, 6.45) is -0.839. The van der Waals surface area contributed by atoms with E-state index in [-0.39, 0.29) is 5.92 Å². The second-order valence-corrected chi connectivity index (χ2v) is 8.30. The lowest BCUT2D eigenvalue weighted by Gasteiger charge is -2.19. The summed E-state index contributed by atoms with van der Waals surface area (Å²) in [4.78, 5) is 0. The Balaban J connectivity index is 1.93. The fraction of sp³-hybridized carbons (Fsp3) is 0.217. The summed E-state index contributed by atoms with van der Waals surface area (Å²) >= 11 is 16.2. The minimum absolute atomic E-state index is 0.0632. The molecule has 28 heavy (non-hydrogen) atoms. The van der Waals surface area contributed by atoms with Crippen molar-refractivity contribution in [2.75, 3.05) is 6.61 Å². The molecule has 0 spiro atoms. The lowest BCUT2D eigenvalue weighted by molar-refractivity contribution is 0.220. The summed E-state index contributed by atoms with van der Waals surface area (Å²) in [6, 6.07) is 19.1. The summed E-state index contributed by atoms with van der Waals surface area (Å²) < 4.78 is 6.38. The zero-order valence-electron chi connectivity index (χ0n) is 15.6. The summed E-state index contributed by atoms with van der Waals surface area (Å²) in [5.41, 5.74) is 3.47. The first-order valence-electron chi connectivity index (χ1n) is 9.05. The molecule has 3 rings (SSSR count). The van der Waals surface area contributed by atoms with Gasteiger partial charge in [0.15, 0.2) is 0 Å². The lowest BCUT2D eigenvalue weighted by atomic mass is 9.90. The van der Waals surface area contributed by atoms with Gasteiger partial charge in [0.05, 0.1) is 6.61 Å². The van der Waals surface area contributed by atoms with E-state index in [4.69, 9.17) is 27.9 Å². The zero-order chi connectivity index (χ0) is 20.3. The monoisotopic (exact) mass is 478 g/mol. The quantitative estimate of drug-likeness (QED) is 0.399. The van der Waals surface area contributed by atoms with Crippen LogP contribution in [-0.2, 0) is 0 Å². The highest BCUT2D eigenvalue weighted by molar-refractivity contribution is 9.10. The molecule has 0 aliphatic heterocycles. The Kier molecular flexibility index (Phi) is 7.05. The number of aliphatic hydroxyl groups excluding tert-OH is 1. The van der Waals surface area contributed by atoms with Crippen LogP contribution in [0.5, 0.6) is 5.75 Å². The fourth-order valence-corrected chi connectivity index (χ4v) is 4.05. The van der Waals surface area contributed by atoms with Crippen LogP contribution in [0.25, 0.3) is 0 Å². The molecule has 5 heteroatoms. The van der Waals surface area contributed by atoms with E-state index < -0.39 is 6.10 Å². The molecule has 1 N–H and O–H groups in total. The Morgan fingerprint density at radius 3 is 2.18 bits per heavy atom. The van der Waals surface area contributed by atoms with E-state index in [0.717, 1.165) is 26.9 Å². The van der Waals surface area contributed by atoms with Crippen LogP contribution in [0.3, 0.4) is 0 Å². The molecule has 2 nitrogen and oxygen atoms in total. The van der Waals surface area contributed by atoms with Crippen molar-refractivity contribution < 1.29 is 9.84 Å². The van der Waals surface area contributed by atoms with Crippen molar-refractivity contribution in [1.82, 2.24) is 0 Å². The second kappa shape index (κ2) is 9.32. The third kappa shape index (κ3) is 4.72. The molecule has 0 aliphatic rings. The second-order valence-electron chi connectivity index (χ2n) is 6.57. The summed E-state index contributed by atoms with van der Waals surface area (Å²) in [5.74, 6) is 0.909. The van der Waals surface area contributed by atoms with Gasteiger partial charge in [0, 0.05) is 26.0 Å². The molecule has 0 aliphatic carbocycles. The van der Waals surface area contributed by atoms with Gasteiger partial charge in [-0.05, 0) is 60.0 Å². The van der Waals surface area contributed by atoms with E-state index in [0.29, 0.717) is 22.2 Å². The average molecular weight is 480 g/mol. The molecule has 2 unspecified atom stereocenters. The topological polar surface area (TPSA) is 29.5 Å². The Labute approximate surface area is 184 Å². The van der Waals surface area contributed by atoms with Gasteiger partial charge in [-0.1, -0.05) is 70.3 Å². The van der Waals surface area contributed by atoms with Gasteiger partial charge < -0.3 is 9.84 Å². The van der Waals surface area contributed by atoms with Gasteiger partial charge in [-0.15, -0.1) is 0 Å². The Morgan fingerprint density at radius 1 is 0.893 bits per heavy atom. The smallest absolute Gasteiger partial charge is 0.119 e. The van der Waals surface area contributed by atoms with Crippen molar-refractivity contribution in [2.45, 2.75) is 25.9 Å². The third-order valence-corrected chi connectivity index (χ3v) is 5.93. The largest absolute Gasteiger partial charge is 0.494 e. The molecule has 0 aromatic heterocycles. The first-order chi connectivity index (χ1) is 13.4. The van der Waals surface area contributed by atoms with E-state index in [1.807, 2.05) is 61.5 Å². The molecule has 0 fully saturated rings. The van der Waals surface area contributed by atoms with E-state index in [1.54, 1.807) is 6.07 Å². The maximum Gasteiger partial charge on any atom is 0.119 e. The maximum absolute atomic E-state index is 10.9. The Morgan fingerprint density at radius 2 is 1.50 bits per heavy atom. The van der Waals surface area contributed by atoms with Gasteiger partial charge >= 0.3 is 0 Å². The number of ether oxygens (including phenoxy) is 1. The predicted octanol–water partition coefficient (Wildman–Crippen LogP) is 7.39. The molecule has 0 amide bonds. The molecule has 0 heterocycles. The van der Waals surface area contributed by atoms with Crippen molar-refractivity contribution in [3.8, 4) is 5.75 Å². The van der Waals surface area contributed by atoms with E-state index in [2.05, 4.69) is 22.9 Å². The molecule has 3 aromatic rings. The highest BCUT2D eigenvalue weighted by Gasteiger charge is 2.19. The SMILES string of the molecule is CCOc1ccc(C(C)c2cc(C(O)c3cc(Br)ccc3Cl)ccc2Cl)cc1. The van der Waals surface area contributed by atoms with E-state index in [1.165, 1.54) is 0 Å². The van der Waals surface area contributed by atoms with Crippen LogP contribution in [0.4, 0.5) is 0 Å². The van der Waals surface area contributed by atoms with Crippen LogP contribution < -0.4 is 4.74 Å². The van der Waals surface area contributed by atoms with Gasteiger partial charge in [-0.3, -0.25) is 0 Å². The fourth-order valence-electron chi connectivity index (χ4n) is 3.17. The first-order valence-corrected chi connectivity index (χ1v) is 10.6. The third-order valence-electron chi connectivity index (χ3n) is 4.75. The first kappa shape index (κ1) is 21.2. The predicted molar refractivity (Wildman–Crippen MR) is 120 cm³/mol. The summed E-state index contributed by atoms with van der Waals surface area (Å²) in [7, 11) is 0. The Hall–Kier alpha value is -1.52. The van der Waals surface area contributed by atoms with Crippen LogP contribution >= 0.6 is 39.1 Å². The highest BCUT2D eigenvalue weighted by atomic mass is 79.9. The van der Waals surface area contributed by atoms with E-state index in [9.17, 15) is 5.11 Å².